The molecule has 0 atom stereocenters. The van der Waals surface area contributed by atoms with Crippen LogP contribution in [-0.2, 0) is 11.4 Å². The van der Waals surface area contributed by atoms with E-state index < -0.39 is 5.91 Å². The molecular formula is C14H13NO4. The number of hydroxylamine groups is 1. The largest absolute Gasteiger partial charge is 0.504 e. The summed E-state index contributed by atoms with van der Waals surface area (Å²) in [5.74, 6) is -1.12. The molecule has 3 N–H and O–H groups in total. The number of benzene rings is 2. The summed E-state index contributed by atoms with van der Waals surface area (Å²) in [6, 6.07) is 13.2. The Labute approximate surface area is 110 Å². The molecule has 0 aliphatic heterocycles. The summed E-state index contributed by atoms with van der Waals surface area (Å²) in [6.45, 7) is 0.247. The SMILES string of the molecule is O=C(NOCc1ccccc1)c1ccc(O)c(O)c1. The molecule has 1 amide bonds. The number of carbonyl (C=O) groups excluding carboxylic acids is 1. The fraction of sp³-hybridized carbons (Fsp3) is 0.0714. The van der Waals surface area contributed by atoms with E-state index in [1.165, 1.54) is 12.1 Å². The van der Waals surface area contributed by atoms with Gasteiger partial charge in [0.2, 0.25) is 0 Å². The van der Waals surface area contributed by atoms with Crippen molar-refractivity contribution >= 4 is 5.91 Å². The van der Waals surface area contributed by atoms with Gasteiger partial charge in [-0.3, -0.25) is 9.63 Å². The number of aromatic hydroxyl groups is 2. The van der Waals surface area contributed by atoms with E-state index in [0.29, 0.717) is 0 Å². The molecule has 0 aromatic heterocycles. The maximum Gasteiger partial charge on any atom is 0.274 e. The molecule has 0 unspecified atom stereocenters. The van der Waals surface area contributed by atoms with Gasteiger partial charge in [0.25, 0.3) is 5.91 Å². The molecule has 0 heterocycles. The number of hydrogen-bond acceptors (Lipinski definition) is 4. The van der Waals surface area contributed by atoms with Crippen LogP contribution in [0.4, 0.5) is 0 Å². The van der Waals surface area contributed by atoms with Gasteiger partial charge in [0.05, 0.1) is 6.61 Å². The van der Waals surface area contributed by atoms with Crippen LogP contribution in [0.3, 0.4) is 0 Å². The summed E-state index contributed by atoms with van der Waals surface area (Å²) < 4.78 is 0. The smallest absolute Gasteiger partial charge is 0.274 e. The Kier molecular flexibility index (Phi) is 4.00. The number of rotatable bonds is 4. The zero-order valence-electron chi connectivity index (χ0n) is 10.0. The summed E-state index contributed by atoms with van der Waals surface area (Å²) in [6.07, 6.45) is 0. The van der Waals surface area contributed by atoms with E-state index in [9.17, 15) is 9.90 Å². The molecule has 0 fully saturated rings. The lowest BCUT2D eigenvalue weighted by Crippen LogP contribution is -2.23. The highest BCUT2D eigenvalue weighted by Gasteiger charge is 2.08. The van der Waals surface area contributed by atoms with Crippen molar-refractivity contribution in [1.29, 1.82) is 0 Å². The number of carbonyl (C=O) groups is 1. The molecule has 5 heteroatoms. The van der Waals surface area contributed by atoms with Crippen LogP contribution in [-0.4, -0.2) is 16.1 Å². The van der Waals surface area contributed by atoms with E-state index in [2.05, 4.69) is 5.48 Å². The Hall–Kier alpha value is -2.53. The Morgan fingerprint density at radius 2 is 1.79 bits per heavy atom. The van der Waals surface area contributed by atoms with Crippen LogP contribution in [0.25, 0.3) is 0 Å². The van der Waals surface area contributed by atoms with E-state index in [-0.39, 0.29) is 23.7 Å². The Bertz CT molecular complexity index is 569. The molecule has 2 aromatic carbocycles. The van der Waals surface area contributed by atoms with Gasteiger partial charge in [-0.15, -0.1) is 0 Å². The van der Waals surface area contributed by atoms with E-state index in [0.717, 1.165) is 11.6 Å². The summed E-state index contributed by atoms with van der Waals surface area (Å²) >= 11 is 0. The Balaban J connectivity index is 1.89. The normalized spacial score (nSPS) is 10.1. The van der Waals surface area contributed by atoms with Gasteiger partial charge in [0.1, 0.15) is 0 Å². The fourth-order valence-electron chi connectivity index (χ4n) is 1.48. The minimum atomic E-state index is -0.494. The van der Waals surface area contributed by atoms with Crippen LogP contribution in [0, 0.1) is 0 Å². The molecule has 98 valence electrons. The van der Waals surface area contributed by atoms with Crippen molar-refractivity contribution < 1.29 is 19.8 Å². The van der Waals surface area contributed by atoms with Gasteiger partial charge in [-0.25, -0.2) is 5.48 Å². The first-order valence-corrected chi connectivity index (χ1v) is 5.65. The molecule has 0 radical (unpaired) electrons. The second-order valence-electron chi connectivity index (χ2n) is 3.91. The number of phenols is 2. The highest BCUT2D eigenvalue weighted by molar-refractivity contribution is 5.94. The third-order valence-corrected chi connectivity index (χ3v) is 2.48. The van der Waals surface area contributed by atoms with Crippen LogP contribution in [0.5, 0.6) is 11.5 Å². The Morgan fingerprint density at radius 1 is 1.05 bits per heavy atom. The predicted octanol–water partition coefficient (Wildman–Crippen LogP) is 1.96. The fourth-order valence-corrected chi connectivity index (χ4v) is 1.48. The first-order valence-electron chi connectivity index (χ1n) is 5.65. The highest BCUT2D eigenvalue weighted by Crippen LogP contribution is 2.24. The van der Waals surface area contributed by atoms with Gasteiger partial charge in [0.15, 0.2) is 11.5 Å². The van der Waals surface area contributed by atoms with Crippen molar-refractivity contribution in [3.05, 3.63) is 59.7 Å². The van der Waals surface area contributed by atoms with Crippen molar-refractivity contribution in [2.75, 3.05) is 0 Å². The predicted molar refractivity (Wildman–Crippen MR) is 68.5 cm³/mol. The van der Waals surface area contributed by atoms with E-state index >= 15 is 0 Å². The second-order valence-corrected chi connectivity index (χ2v) is 3.91. The molecule has 0 saturated carbocycles. The summed E-state index contributed by atoms with van der Waals surface area (Å²) in [5, 5.41) is 18.4. The van der Waals surface area contributed by atoms with Crippen molar-refractivity contribution in [2.45, 2.75) is 6.61 Å². The molecule has 5 nitrogen and oxygen atoms in total. The van der Waals surface area contributed by atoms with Crippen molar-refractivity contribution in [1.82, 2.24) is 5.48 Å². The number of phenolic OH excluding ortho intramolecular Hbond substituents is 2. The third-order valence-electron chi connectivity index (χ3n) is 2.48. The summed E-state index contributed by atoms with van der Waals surface area (Å²) in [4.78, 5) is 16.7. The second kappa shape index (κ2) is 5.88. The lowest BCUT2D eigenvalue weighted by atomic mass is 10.2. The van der Waals surface area contributed by atoms with Crippen LogP contribution in [0.1, 0.15) is 15.9 Å². The minimum Gasteiger partial charge on any atom is -0.504 e. The molecule has 0 saturated heterocycles. The van der Waals surface area contributed by atoms with Crippen LogP contribution < -0.4 is 5.48 Å². The summed E-state index contributed by atoms with van der Waals surface area (Å²) in [7, 11) is 0. The van der Waals surface area contributed by atoms with Gasteiger partial charge >= 0.3 is 0 Å². The van der Waals surface area contributed by atoms with Gasteiger partial charge in [-0.2, -0.15) is 0 Å². The maximum absolute atomic E-state index is 11.7. The van der Waals surface area contributed by atoms with E-state index in [1.54, 1.807) is 0 Å². The third kappa shape index (κ3) is 3.46. The molecule has 2 rings (SSSR count). The molecule has 0 aliphatic carbocycles. The monoisotopic (exact) mass is 259 g/mol. The van der Waals surface area contributed by atoms with Gasteiger partial charge < -0.3 is 10.2 Å². The Morgan fingerprint density at radius 3 is 2.47 bits per heavy atom. The topological polar surface area (TPSA) is 78.8 Å². The molecule has 2 aromatic rings. The standard InChI is InChI=1S/C14H13NO4/c16-12-7-6-11(8-13(12)17)14(18)15-19-9-10-4-2-1-3-5-10/h1-8,16-17H,9H2,(H,15,18). The first kappa shape index (κ1) is 12.9. The molecule has 19 heavy (non-hydrogen) atoms. The lowest BCUT2D eigenvalue weighted by molar-refractivity contribution is 0.0233. The zero-order valence-corrected chi connectivity index (χ0v) is 10.0. The van der Waals surface area contributed by atoms with Crippen LogP contribution >= 0.6 is 0 Å². The zero-order chi connectivity index (χ0) is 13.7. The molecule has 0 bridgehead atoms. The molecular weight excluding hydrogens is 246 g/mol. The number of amides is 1. The van der Waals surface area contributed by atoms with Crippen molar-refractivity contribution in [2.24, 2.45) is 0 Å². The average molecular weight is 259 g/mol. The molecule has 0 spiro atoms. The van der Waals surface area contributed by atoms with Crippen LogP contribution in [0.15, 0.2) is 48.5 Å². The van der Waals surface area contributed by atoms with Crippen molar-refractivity contribution in [3.8, 4) is 11.5 Å². The maximum atomic E-state index is 11.7. The number of nitrogens with one attached hydrogen (secondary N) is 1. The number of hydrogen-bond donors (Lipinski definition) is 3. The lowest BCUT2D eigenvalue weighted by Gasteiger charge is -2.06. The average Bonchev–Trinajstić information content (AvgIpc) is 2.43. The van der Waals surface area contributed by atoms with Gasteiger partial charge in [-0.05, 0) is 23.8 Å². The quantitative estimate of drug-likeness (QED) is 0.579. The van der Waals surface area contributed by atoms with Crippen LogP contribution in [0.2, 0.25) is 0 Å². The molecule has 0 aliphatic rings. The van der Waals surface area contributed by atoms with Gasteiger partial charge in [-0.1, -0.05) is 30.3 Å². The highest BCUT2D eigenvalue weighted by atomic mass is 16.6. The minimum absolute atomic E-state index is 0.198. The first-order chi connectivity index (χ1) is 9.16. The summed E-state index contributed by atoms with van der Waals surface area (Å²) in [5.41, 5.74) is 3.39. The van der Waals surface area contributed by atoms with Crippen molar-refractivity contribution in [3.63, 3.8) is 0 Å². The van der Waals surface area contributed by atoms with E-state index in [4.69, 9.17) is 9.94 Å². The van der Waals surface area contributed by atoms with E-state index in [1.807, 2.05) is 30.3 Å². The van der Waals surface area contributed by atoms with Gasteiger partial charge in [0, 0.05) is 5.56 Å².